The second-order valence-corrected chi connectivity index (χ2v) is 8.71. The zero-order valence-electron chi connectivity index (χ0n) is 18.8. The number of rotatable bonds is 4. The molecule has 33 heavy (non-hydrogen) atoms. The molecule has 3 heterocycles. The fraction of sp³-hybridized carbons (Fsp3) is 0.333. The van der Waals surface area contributed by atoms with E-state index in [4.69, 9.17) is 4.74 Å². The minimum atomic E-state index is -0.549. The predicted octanol–water partition coefficient (Wildman–Crippen LogP) is 0.367. The number of nitrogens with zero attached hydrogens (tertiary/aromatic N) is 6. The molecule has 1 amide bonds. The maximum atomic E-state index is 12.9. The third-order valence-electron chi connectivity index (χ3n) is 5.37. The molecule has 0 atom stereocenters. The third-order valence-corrected chi connectivity index (χ3v) is 6.60. The van der Waals surface area contributed by atoms with E-state index in [1.54, 1.807) is 4.57 Å². The smallest absolute Gasteiger partial charge is 0.332 e. The van der Waals surface area contributed by atoms with Crippen LogP contribution in [0.1, 0.15) is 11.1 Å². The lowest BCUT2D eigenvalue weighted by Crippen LogP contribution is -2.37. The van der Waals surface area contributed by atoms with Crippen LogP contribution in [-0.4, -0.2) is 42.2 Å². The van der Waals surface area contributed by atoms with Crippen molar-refractivity contribution in [2.24, 2.45) is 19.1 Å². The van der Waals surface area contributed by atoms with E-state index in [9.17, 15) is 19.2 Å². The average Bonchev–Trinajstić information content (AvgIpc) is 3.33. The third kappa shape index (κ3) is 3.82. The zero-order valence-corrected chi connectivity index (χ0v) is 19.6. The highest BCUT2D eigenvalue weighted by Gasteiger charge is 2.17. The molecule has 0 spiro atoms. The van der Waals surface area contributed by atoms with Crippen LogP contribution < -0.4 is 16.1 Å². The topological polar surface area (TPSA) is 122 Å². The lowest BCUT2D eigenvalue weighted by molar-refractivity contribution is -0.141. The molecule has 0 N–H and O–H groups in total. The van der Waals surface area contributed by atoms with Gasteiger partial charge in [0.05, 0.1) is 23.7 Å². The molecule has 0 radical (unpaired) electrons. The van der Waals surface area contributed by atoms with Crippen molar-refractivity contribution in [2.45, 2.75) is 26.9 Å². The summed E-state index contributed by atoms with van der Waals surface area (Å²) in [6.07, 6.45) is 1.33. The largest absolute Gasteiger partial charge is 0.468 e. The van der Waals surface area contributed by atoms with Crippen molar-refractivity contribution in [2.75, 3.05) is 7.11 Å². The van der Waals surface area contributed by atoms with E-state index < -0.39 is 23.1 Å². The van der Waals surface area contributed by atoms with Gasteiger partial charge in [-0.1, -0.05) is 17.4 Å². The number of carbonyl (C=O) groups excluding carboxylic acids is 2. The summed E-state index contributed by atoms with van der Waals surface area (Å²) < 4.78 is 11.0. The molecule has 0 aliphatic rings. The van der Waals surface area contributed by atoms with Gasteiger partial charge in [-0.05, 0) is 31.0 Å². The number of benzene rings is 1. The Morgan fingerprint density at radius 1 is 1.12 bits per heavy atom. The monoisotopic (exact) mass is 470 g/mol. The number of hydrogen-bond acceptors (Lipinski definition) is 7. The normalized spacial score (nSPS) is 12.1. The summed E-state index contributed by atoms with van der Waals surface area (Å²) in [5.74, 6) is -1.00. The highest BCUT2D eigenvalue weighted by atomic mass is 32.1. The van der Waals surface area contributed by atoms with E-state index >= 15 is 0 Å². The van der Waals surface area contributed by atoms with Crippen LogP contribution >= 0.6 is 11.3 Å². The van der Waals surface area contributed by atoms with Gasteiger partial charge in [-0.25, -0.2) is 9.78 Å². The summed E-state index contributed by atoms with van der Waals surface area (Å²) in [5, 5.41) is 0. The Labute approximate surface area is 190 Å². The number of fused-ring (bicyclic) bond motifs is 2. The second kappa shape index (κ2) is 8.28. The van der Waals surface area contributed by atoms with Crippen molar-refractivity contribution in [3.05, 3.63) is 55.2 Å². The molecule has 4 rings (SSSR count). The van der Waals surface area contributed by atoms with Crippen molar-refractivity contribution in [1.29, 1.82) is 0 Å². The molecule has 0 saturated heterocycles. The van der Waals surface area contributed by atoms with Gasteiger partial charge in [-0.15, -0.1) is 0 Å². The number of imidazole rings is 1. The van der Waals surface area contributed by atoms with Gasteiger partial charge in [0.25, 0.3) is 11.5 Å². The first kappa shape index (κ1) is 22.4. The van der Waals surface area contributed by atoms with Gasteiger partial charge in [0.2, 0.25) is 0 Å². The van der Waals surface area contributed by atoms with Gasteiger partial charge in [-0.3, -0.25) is 23.5 Å². The summed E-state index contributed by atoms with van der Waals surface area (Å²) in [4.78, 5) is 58.3. The minimum absolute atomic E-state index is 0.0951. The van der Waals surface area contributed by atoms with Gasteiger partial charge >= 0.3 is 11.7 Å². The SMILES string of the molecule is COC(=O)Cn1c(=NC(=O)Cn2cnc3c2c(=O)n(C)c(=O)n3C)sc2c(C)cc(C)cc21. The van der Waals surface area contributed by atoms with E-state index in [0.717, 1.165) is 25.9 Å². The molecule has 0 saturated carbocycles. The molecule has 172 valence electrons. The first-order valence-corrected chi connectivity index (χ1v) is 10.8. The fourth-order valence-corrected chi connectivity index (χ4v) is 4.85. The Balaban J connectivity index is 1.83. The summed E-state index contributed by atoms with van der Waals surface area (Å²) in [5.41, 5.74) is 2.07. The Hall–Kier alpha value is -3.80. The Bertz CT molecular complexity index is 1630. The predicted molar refractivity (Wildman–Crippen MR) is 122 cm³/mol. The number of carbonyl (C=O) groups is 2. The molecule has 4 aromatic rings. The molecule has 12 heteroatoms. The molecule has 0 aliphatic carbocycles. The number of esters is 1. The van der Waals surface area contributed by atoms with Crippen LogP contribution in [0.2, 0.25) is 0 Å². The summed E-state index contributed by atoms with van der Waals surface area (Å²) >= 11 is 1.30. The highest BCUT2D eigenvalue weighted by molar-refractivity contribution is 7.16. The first-order chi connectivity index (χ1) is 15.6. The van der Waals surface area contributed by atoms with Crippen molar-refractivity contribution in [3.8, 4) is 0 Å². The Morgan fingerprint density at radius 2 is 1.85 bits per heavy atom. The number of ether oxygens (including phenoxy) is 1. The lowest BCUT2D eigenvalue weighted by Gasteiger charge is -2.06. The average molecular weight is 471 g/mol. The van der Waals surface area contributed by atoms with Crippen LogP contribution in [-0.2, 0) is 41.5 Å². The van der Waals surface area contributed by atoms with E-state index in [1.165, 1.54) is 48.0 Å². The highest BCUT2D eigenvalue weighted by Crippen LogP contribution is 2.23. The quantitative estimate of drug-likeness (QED) is 0.397. The zero-order chi connectivity index (χ0) is 24.0. The fourth-order valence-electron chi connectivity index (χ4n) is 3.75. The van der Waals surface area contributed by atoms with Gasteiger partial charge in [0.1, 0.15) is 13.1 Å². The van der Waals surface area contributed by atoms with Gasteiger partial charge in [-0.2, -0.15) is 4.99 Å². The van der Waals surface area contributed by atoms with E-state index in [2.05, 4.69) is 9.98 Å². The number of aryl methyl sites for hydroxylation is 3. The van der Waals surface area contributed by atoms with Crippen molar-refractivity contribution in [3.63, 3.8) is 0 Å². The first-order valence-electron chi connectivity index (χ1n) is 9.98. The maximum absolute atomic E-state index is 12.9. The van der Waals surface area contributed by atoms with Crippen LogP contribution in [0.25, 0.3) is 21.4 Å². The molecular weight excluding hydrogens is 448 g/mol. The standard InChI is InChI=1S/C21H22N6O5S/c1-11-6-12(2)17-13(7-11)27(9-15(29)32-5)20(33-17)23-14(28)8-26-10-22-18-16(26)19(30)25(4)21(31)24(18)3/h6-7,10H,8-9H2,1-5H3. The van der Waals surface area contributed by atoms with Gasteiger partial charge in [0.15, 0.2) is 16.0 Å². The molecule has 1 aromatic carbocycles. The lowest BCUT2D eigenvalue weighted by atomic mass is 10.1. The Kier molecular flexibility index (Phi) is 5.62. The van der Waals surface area contributed by atoms with Crippen LogP contribution in [0.4, 0.5) is 0 Å². The molecule has 0 bridgehead atoms. The molecule has 3 aromatic heterocycles. The molecule has 0 unspecified atom stereocenters. The molecular formula is C21H22N6O5S. The summed E-state index contributed by atoms with van der Waals surface area (Å²) in [7, 11) is 4.17. The van der Waals surface area contributed by atoms with Crippen LogP contribution in [0.3, 0.4) is 0 Å². The van der Waals surface area contributed by atoms with Gasteiger partial charge < -0.3 is 13.9 Å². The minimum Gasteiger partial charge on any atom is -0.468 e. The van der Waals surface area contributed by atoms with Crippen molar-refractivity contribution >= 4 is 44.6 Å². The van der Waals surface area contributed by atoms with Gasteiger partial charge in [0, 0.05) is 14.1 Å². The van der Waals surface area contributed by atoms with Crippen molar-refractivity contribution < 1.29 is 14.3 Å². The molecule has 0 aliphatic heterocycles. The molecule has 0 fully saturated rings. The van der Waals surface area contributed by atoms with Crippen LogP contribution in [0.5, 0.6) is 0 Å². The van der Waals surface area contributed by atoms with Crippen LogP contribution in [0, 0.1) is 13.8 Å². The summed E-state index contributed by atoms with van der Waals surface area (Å²) in [6.45, 7) is 3.56. The number of amides is 1. The van der Waals surface area contributed by atoms with Crippen molar-refractivity contribution in [1.82, 2.24) is 23.3 Å². The second-order valence-electron chi connectivity index (χ2n) is 7.73. The number of methoxy groups -OCH3 is 1. The van der Waals surface area contributed by atoms with Crippen LogP contribution in [0.15, 0.2) is 33.0 Å². The Morgan fingerprint density at radius 3 is 2.55 bits per heavy atom. The molecule has 11 nitrogen and oxygen atoms in total. The number of hydrogen-bond donors (Lipinski definition) is 0. The number of aromatic nitrogens is 5. The van der Waals surface area contributed by atoms with E-state index in [1.807, 2.05) is 26.0 Å². The van der Waals surface area contributed by atoms with E-state index in [0.29, 0.717) is 4.80 Å². The van der Waals surface area contributed by atoms with E-state index in [-0.39, 0.29) is 24.3 Å². The summed E-state index contributed by atoms with van der Waals surface area (Å²) in [6, 6.07) is 3.95. The number of thiazole rings is 1. The maximum Gasteiger partial charge on any atom is 0.332 e.